The Morgan fingerprint density at radius 3 is 1.57 bits per heavy atom. The average Bonchev–Trinajstić information content (AvgIpc) is 2.95. The molecule has 0 aromatic heterocycles. The number of ether oxygens (including phenoxy) is 4. The van der Waals surface area contributed by atoms with E-state index >= 15 is 0 Å². The molecule has 216 valence electrons. The quantitative estimate of drug-likeness (QED) is 0.0760. The highest BCUT2D eigenvalue weighted by molar-refractivity contribution is 5.89. The van der Waals surface area contributed by atoms with E-state index in [4.69, 9.17) is 18.9 Å². The molecule has 0 aliphatic rings. The largest absolute Gasteiger partial charge is 0.464 e. The van der Waals surface area contributed by atoms with E-state index in [0.717, 1.165) is 33.4 Å². The predicted octanol–water partition coefficient (Wildman–Crippen LogP) is 9.09. The van der Waals surface area contributed by atoms with Gasteiger partial charge < -0.3 is 18.9 Å². The van der Waals surface area contributed by atoms with Crippen molar-refractivity contribution < 1.29 is 28.5 Å². The Labute approximate surface area is 247 Å². The zero-order valence-corrected chi connectivity index (χ0v) is 24.9. The van der Waals surface area contributed by atoms with Crippen LogP contribution in [0.5, 0.6) is 23.0 Å². The number of carbonyl (C=O) groups is 2. The molecule has 0 radical (unpaired) electrons. The van der Waals surface area contributed by atoms with Crippen molar-refractivity contribution >= 4 is 24.1 Å². The monoisotopic (exact) mass is 564 g/mol. The molecule has 0 N–H and O–H groups in total. The standard InChI is InChI=1S/C36H36O6/c1-23(2)21-39-33-20-32(28-13-17-31(18-14-28)42-36(38)26(7)8)34(40-22-24(3)4)19-29(33)12-9-27-10-15-30(16-11-27)41-35(37)25(5)6/h9-22H,5,7H2,1-4,6,8H3/b12-9+. The lowest BCUT2D eigenvalue weighted by Crippen LogP contribution is -2.07. The Bertz CT molecular complexity index is 1560. The van der Waals surface area contributed by atoms with Crippen LogP contribution in [-0.4, -0.2) is 11.9 Å². The molecule has 3 aromatic carbocycles. The average molecular weight is 565 g/mol. The summed E-state index contributed by atoms with van der Waals surface area (Å²) in [6.45, 7) is 18.2. The van der Waals surface area contributed by atoms with Gasteiger partial charge in [-0.2, -0.15) is 0 Å². The summed E-state index contributed by atoms with van der Waals surface area (Å²) < 4.78 is 22.8. The second-order valence-corrected chi connectivity index (χ2v) is 10.3. The lowest BCUT2D eigenvalue weighted by molar-refractivity contribution is -0.130. The van der Waals surface area contributed by atoms with Gasteiger partial charge in [0, 0.05) is 22.3 Å². The van der Waals surface area contributed by atoms with Gasteiger partial charge >= 0.3 is 11.9 Å². The summed E-state index contributed by atoms with van der Waals surface area (Å²) in [5, 5.41) is 0. The molecule has 0 aliphatic heterocycles. The van der Waals surface area contributed by atoms with E-state index in [0.29, 0.717) is 34.1 Å². The summed E-state index contributed by atoms with van der Waals surface area (Å²) in [4.78, 5) is 23.7. The number of carbonyl (C=O) groups excluding carboxylic acids is 2. The van der Waals surface area contributed by atoms with Crippen molar-refractivity contribution in [2.45, 2.75) is 41.5 Å². The van der Waals surface area contributed by atoms with Crippen LogP contribution in [0.15, 0.2) is 109 Å². The third-order valence-electron chi connectivity index (χ3n) is 5.57. The van der Waals surface area contributed by atoms with Gasteiger partial charge in [0.05, 0.1) is 12.5 Å². The summed E-state index contributed by atoms with van der Waals surface area (Å²) in [6, 6.07) is 18.2. The molecule has 0 amide bonds. The van der Waals surface area contributed by atoms with Crippen LogP contribution >= 0.6 is 0 Å². The van der Waals surface area contributed by atoms with E-state index < -0.39 is 11.9 Å². The van der Waals surface area contributed by atoms with Crippen LogP contribution in [0.3, 0.4) is 0 Å². The molecule has 0 bridgehead atoms. The molecule has 6 heteroatoms. The maximum Gasteiger partial charge on any atom is 0.338 e. The third-order valence-corrected chi connectivity index (χ3v) is 5.57. The van der Waals surface area contributed by atoms with E-state index in [1.807, 2.05) is 76.2 Å². The summed E-state index contributed by atoms with van der Waals surface area (Å²) in [7, 11) is 0. The van der Waals surface area contributed by atoms with Crippen LogP contribution in [0.4, 0.5) is 0 Å². The first-order chi connectivity index (χ1) is 19.9. The molecular weight excluding hydrogens is 528 g/mol. The summed E-state index contributed by atoms with van der Waals surface area (Å²) in [6.07, 6.45) is 7.25. The van der Waals surface area contributed by atoms with E-state index in [1.54, 1.807) is 50.6 Å². The van der Waals surface area contributed by atoms with Gasteiger partial charge in [-0.3, -0.25) is 0 Å². The molecule has 0 saturated carbocycles. The van der Waals surface area contributed by atoms with Gasteiger partial charge in [-0.05, 0) is 100 Å². The molecule has 0 unspecified atom stereocenters. The number of hydrogen-bond acceptors (Lipinski definition) is 6. The molecule has 3 rings (SSSR count). The molecule has 0 atom stereocenters. The highest BCUT2D eigenvalue weighted by atomic mass is 16.5. The van der Waals surface area contributed by atoms with Crippen molar-refractivity contribution in [3.63, 3.8) is 0 Å². The normalized spacial score (nSPS) is 10.4. The van der Waals surface area contributed by atoms with E-state index in [2.05, 4.69) is 13.2 Å². The van der Waals surface area contributed by atoms with E-state index in [9.17, 15) is 9.59 Å². The molecule has 42 heavy (non-hydrogen) atoms. The summed E-state index contributed by atoms with van der Waals surface area (Å²) >= 11 is 0. The minimum absolute atomic E-state index is 0.323. The first-order valence-electron chi connectivity index (χ1n) is 13.3. The number of hydrogen-bond donors (Lipinski definition) is 0. The Kier molecular flexibility index (Phi) is 10.9. The lowest BCUT2D eigenvalue weighted by Gasteiger charge is -2.15. The highest BCUT2D eigenvalue weighted by Crippen LogP contribution is 2.38. The fourth-order valence-electron chi connectivity index (χ4n) is 3.42. The van der Waals surface area contributed by atoms with Crippen molar-refractivity contribution in [3.05, 3.63) is 120 Å². The van der Waals surface area contributed by atoms with Crippen molar-refractivity contribution in [3.8, 4) is 34.1 Å². The molecule has 0 aliphatic carbocycles. The Morgan fingerprint density at radius 1 is 0.619 bits per heavy atom. The number of esters is 2. The van der Waals surface area contributed by atoms with Crippen LogP contribution in [0.2, 0.25) is 0 Å². The van der Waals surface area contributed by atoms with Crippen molar-refractivity contribution in [1.82, 2.24) is 0 Å². The first kappa shape index (κ1) is 31.4. The molecular formula is C36H36O6. The molecule has 0 heterocycles. The van der Waals surface area contributed by atoms with Gasteiger partial charge in [-0.1, -0.05) is 49.6 Å². The fraction of sp³-hybridized carbons (Fsp3) is 0.167. The number of benzene rings is 3. The van der Waals surface area contributed by atoms with Gasteiger partial charge in [-0.25, -0.2) is 9.59 Å². The maximum absolute atomic E-state index is 11.9. The number of rotatable bonds is 11. The zero-order chi connectivity index (χ0) is 30.8. The summed E-state index contributed by atoms with van der Waals surface area (Å²) in [5.74, 6) is 1.15. The Balaban J connectivity index is 2.02. The van der Waals surface area contributed by atoms with Gasteiger partial charge in [0.25, 0.3) is 0 Å². The summed E-state index contributed by atoms with van der Waals surface area (Å²) in [5.41, 5.74) is 5.98. The lowest BCUT2D eigenvalue weighted by atomic mass is 10.0. The van der Waals surface area contributed by atoms with Gasteiger partial charge in [0.15, 0.2) is 0 Å². The van der Waals surface area contributed by atoms with Crippen LogP contribution in [0, 0.1) is 0 Å². The maximum atomic E-state index is 11.9. The molecule has 0 spiro atoms. The van der Waals surface area contributed by atoms with Crippen LogP contribution < -0.4 is 18.9 Å². The molecule has 3 aromatic rings. The smallest absolute Gasteiger partial charge is 0.338 e. The minimum Gasteiger partial charge on any atom is -0.464 e. The Morgan fingerprint density at radius 2 is 1.10 bits per heavy atom. The molecule has 0 fully saturated rings. The third kappa shape index (κ3) is 9.24. The number of allylic oxidation sites excluding steroid dienone is 2. The van der Waals surface area contributed by atoms with Crippen LogP contribution in [0.25, 0.3) is 23.3 Å². The second-order valence-electron chi connectivity index (χ2n) is 10.3. The first-order valence-corrected chi connectivity index (χ1v) is 13.3. The second kappa shape index (κ2) is 14.5. The predicted molar refractivity (Wildman–Crippen MR) is 168 cm³/mol. The van der Waals surface area contributed by atoms with E-state index in [1.165, 1.54) is 0 Å². The van der Waals surface area contributed by atoms with E-state index in [-0.39, 0.29) is 0 Å². The molecule has 6 nitrogen and oxygen atoms in total. The van der Waals surface area contributed by atoms with Crippen LogP contribution in [0.1, 0.15) is 52.7 Å². The Hall–Kier alpha value is -5.10. The highest BCUT2D eigenvalue weighted by Gasteiger charge is 2.14. The van der Waals surface area contributed by atoms with Gasteiger partial charge in [-0.15, -0.1) is 0 Å². The molecule has 0 saturated heterocycles. The topological polar surface area (TPSA) is 71.1 Å². The van der Waals surface area contributed by atoms with Gasteiger partial charge in [0.1, 0.15) is 23.0 Å². The SMILES string of the molecule is C=C(C)C(=O)Oc1ccc(/C=C/c2cc(OC=C(C)C)c(-c3ccc(OC(=O)C(=C)C)cc3)cc2OC=C(C)C)cc1. The van der Waals surface area contributed by atoms with Crippen LogP contribution in [-0.2, 0) is 9.59 Å². The fourth-order valence-corrected chi connectivity index (χ4v) is 3.42. The van der Waals surface area contributed by atoms with Crippen molar-refractivity contribution in [2.75, 3.05) is 0 Å². The zero-order valence-electron chi connectivity index (χ0n) is 24.9. The minimum atomic E-state index is -0.480. The van der Waals surface area contributed by atoms with Gasteiger partial charge in [0.2, 0.25) is 0 Å². The van der Waals surface area contributed by atoms with Crippen molar-refractivity contribution in [2.24, 2.45) is 0 Å². The van der Waals surface area contributed by atoms with Crippen molar-refractivity contribution in [1.29, 1.82) is 0 Å².